The maximum Gasteiger partial charge on any atom is 0.416 e. The molecule has 0 saturated heterocycles. The lowest BCUT2D eigenvalue weighted by Gasteiger charge is -2.20. The first kappa shape index (κ1) is 31.3. The maximum atomic E-state index is 13.5. The molecular formula is C35H26BrF3N2O4. The number of alkyl halides is 3. The fourth-order valence-electron chi connectivity index (χ4n) is 4.68. The fraction of sp³-hybridized carbons (Fsp3) is 0.0857. The minimum Gasteiger partial charge on any atom is -0.481 e. The minimum atomic E-state index is -4.47. The zero-order valence-electron chi connectivity index (χ0n) is 23.5. The molecule has 0 radical (unpaired) electrons. The van der Waals surface area contributed by atoms with Gasteiger partial charge in [-0.05, 0) is 71.8 Å². The molecule has 0 heterocycles. The summed E-state index contributed by atoms with van der Waals surface area (Å²) in [7, 11) is 0. The van der Waals surface area contributed by atoms with Crippen molar-refractivity contribution in [2.24, 2.45) is 0 Å². The smallest absolute Gasteiger partial charge is 0.416 e. The summed E-state index contributed by atoms with van der Waals surface area (Å²) >= 11 is 3.35. The van der Waals surface area contributed by atoms with Crippen LogP contribution in [0.15, 0.2) is 126 Å². The number of rotatable bonds is 10. The van der Waals surface area contributed by atoms with Crippen molar-refractivity contribution in [3.8, 4) is 22.6 Å². The van der Waals surface area contributed by atoms with Crippen LogP contribution in [-0.2, 0) is 11.0 Å². The molecule has 0 aromatic heterocycles. The Bertz CT molecular complexity index is 1800. The lowest BCUT2D eigenvalue weighted by Crippen LogP contribution is -2.30. The average Bonchev–Trinajstić information content (AvgIpc) is 3.02. The summed E-state index contributed by atoms with van der Waals surface area (Å²) in [5, 5.41) is 15.4. The summed E-state index contributed by atoms with van der Waals surface area (Å²) < 4.78 is 45.7. The number of ether oxygens (including phenoxy) is 1. The van der Waals surface area contributed by atoms with Gasteiger partial charge in [-0.2, -0.15) is 13.2 Å². The minimum absolute atomic E-state index is 0.170. The Morgan fingerprint density at radius 1 is 0.822 bits per heavy atom. The van der Waals surface area contributed by atoms with Crippen LogP contribution in [0.25, 0.3) is 11.1 Å². The van der Waals surface area contributed by atoms with E-state index in [4.69, 9.17) is 4.74 Å². The van der Waals surface area contributed by atoms with Gasteiger partial charge in [0.25, 0.3) is 5.91 Å². The highest BCUT2D eigenvalue weighted by Gasteiger charge is 2.30. The van der Waals surface area contributed by atoms with Crippen LogP contribution in [0, 0.1) is 0 Å². The third kappa shape index (κ3) is 8.10. The van der Waals surface area contributed by atoms with Gasteiger partial charge >= 0.3 is 12.1 Å². The molecule has 0 bridgehead atoms. The van der Waals surface area contributed by atoms with E-state index in [-0.39, 0.29) is 12.0 Å². The molecule has 0 aliphatic heterocycles. The molecule has 1 atom stereocenters. The van der Waals surface area contributed by atoms with Crippen LogP contribution >= 0.6 is 15.9 Å². The summed E-state index contributed by atoms with van der Waals surface area (Å²) in [5.41, 5.74) is 2.28. The number of benzene rings is 5. The van der Waals surface area contributed by atoms with Crippen LogP contribution in [-0.4, -0.2) is 17.0 Å². The molecule has 6 nitrogen and oxygen atoms in total. The van der Waals surface area contributed by atoms with E-state index in [1.165, 1.54) is 12.1 Å². The Morgan fingerprint density at radius 3 is 2.16 bits per heavy atom. The molecule has 228 valence electrons. The summed E-state index contributed by atoms with van der Waals surface area (Å²) in [5.74, 6) is -0.342. The van der Waals surface area contributed by atoms with Gasteiger partial charge < -0.3 is 20.5 Å². The number of nitrogens with one attached hydrogen (secondary N) is 2. The van der Waals surface area contributed by atoms with E-state index in [0.717, 1.165) is 23.3 Å². The van der Waals surface area contributed by atoms with Crippen molar-refractivity contribution in [1.29, 1.82) is 0 Å². The highest BCUT2D eigenvalue weighted by molar-refractivity contribution is 9.10. The molecule has 45 heavy (non-hydrogen) atoms. The molecule has 0 saturated carbocycles. The Balaban J connectivity index is 1.37. The van der Waals surface area contributed by atoms with Crippen molar-refractivity contribution in [3.63, 3.8) is 0 Å². The number of carboxylic acids is 1. The summed E-state index contributed by atoms with van der Waals surface area (Å²) in [6.45, 7) is 0. The third-order valence-electron chi connectivity index (χ3n) is 6.88. The number of aliphatic carboxylic acids is 1. The number of amides is 1. The Kier molecular flexibility index (Phi) is 9.53. The van der Waals surface area contributed by atoms with Crippen molar-refractivity contribution >= 4 is 39.2 Å². The Hall–Kier alpha value is -5.09. The van der Waals surface area contributed by atoms with E-state index in [1.807, 2.05) is 66.7 Å². The van der Waals surface area contributed by atoms with Gasteiger partial charge in [-0.15, -0.1) is 0 Å². The molecule has 0 spiro atoms. The number of carbonyl (C=O) groups excluding carboxylic acids is 1. The number of carboxylic acid groups (broad SMARTS) is 1. The van der Waals surface area contributed by atoms with E-state index >= 15 is 0 Å². The summed E-state index contributed by atoms with van der Waals surface area (Å²) in [4.78, 5) is 25.3. The zero-order chi connectivity index (χ0) is 32.0. The first-order valence-corrected chi connectivity index (χ1v) is 14.5. The molecule has 10 heteroatoms. The highest BCUT2D eigenvalue weighted by atomic mass is 79.9. The molecule has 0 aliphatic carbocycles. The van der Waals surface area contributed by atoms with Crippen LogP contribution in [0.2, 0.25) is 0 Å². The summed E-state index contributed by atoms with van der Waals surface area (Å²) in [6, 6.07) is 32.5. The van der Waals surface area contributed by atoms with Gasteiger partial charge in [0.1, 0.15) is 11.5 Å². The molecule has 0 aliphatic rings. The van der Waals surface area contributed by atoms with Crippen LogP contribution in [0.4, 0.5) is 24.5 Å². The average molecular weight is 676 g/mol. The molecule has 1 amide bonds. The quantitative estimate of drug-likeness (QED) is 0.137. The molecule has 5 aromatic rings. The van der Waals surface area contributed by atoms with Crippen LogP contribution in [0.3, 0.4) is 0 Å². The lowest BCUT2D eigenvalue weighted by molar-refractivity contribution is -0.138. The van der Waals surface area contributed by atoms with Crippen molar-refractivity contribution in [1.82, 2.24) is 5.32 Å². The number of anilines is 2. The van der Waals surface area contributed by atoms with Crippen LogP contribution in [0.1, 0.15) is 33.9 Å². The Morgan fingerprint density at radius 2 is 1.49 bits per heavy atom. The second-order valence-electron chi connectivity index (χ2n) is 10.0. The van der Waals surface area contributed by atoms with Gasteiger partial charge in [0.15, 0.2) is 0 Å². The van der Waals surface area contributed by atoms with Gasteiger partial charge in [-0.25, -0.2) is 0 Å². The third-order valence-corrected chi connectivity index (χ3v) is 7.38. The van der Waals surface area contributed by atoms with Gasteiger partial charge in [0, 0.05) is 15.7 Å². The van der Waals surface area contributed by atoms with E-state index in [1.54, 1.807) is 30.3 Å². The highest BCUT2D eigenvalue weighted by Crippen LogP contribution is 2.35. The second-order valence-corrected chi connectivity index (χ2v) is 11.0. The SMILES string of the molecule is O=C(O)CC(NC(=O)c1cc(Br)ccc1Nc1ccc(C(F)(F)F)cc1)c1ccc(-c2ccccc2Oc2ccccc2)cc1. The van der Waals surface area contributed by atoms with Gasteiger partial charge in [0.05, 0.1) is 29.3 Å². The van der Waals surface area contributed by atoms with E-state index in [2.05, 4.69) is 26.6 Å². The van der Waals surface area contributed by atoms with Crippen LogP contribution < -0.4 is 15.4 Å². The van der Waals surface area contributed by atoms with Crippen molar-refractivity contribution in [3.05, 3.63) is 142 Å². The predicted octanol–water partition coefficient (Wildman–Crippen LogP) is 9.62. The van der Waals surface area contributed by atoms with Crippen LogP contribution in [0.5, 0.6) is 11.5 Å². The van der Waals surface area contributed by atoms with Crippen molar-refractivity contribution in [2.75, 3.05) is 5.32 Å². The number of para-hydroxylation sites is 2. The number of halogens is 4. The Labute approximate surface area is 265 Å². The molecule has 5 rings (SSSR count). The van der Waals surface area contributed by atoms with E-state index in [0.29, 0.717) is 32.9 Å². The number of hydrogen-bond donors (Lipinski definition) is 3. The van der Waals surface area contributed by atoms with E-state index in [9.17, 15) is 27.9 Å². The van der Waals surface area contributed by atoms with Crippen molar-refractivity contribution < 1.29 is 32.6 Å². The first-order chi connectivity index (χ1) is 21.6. The molecule has 0 fully saturated rings. The molecule has 5 aromatic carbocycles. The predicted molar refractivity (Wildman–Crippen MR) is 170 cm³/mol. The molecule has 1 unspecified atom stereocenters. The standard InChI is InChI=1S/C35H26BrF3N2O4/c36-25-16-19-30(40-26-17-14-24(15-18-26)35(37,38)39)29(20-25)34(44)41-31(21-33(42)43)23-12-10-22(11-13-23)28-8-4-5-9-32(28)45-27-6-2-1-3-7-27/h1-20,31,40H,21H2,(H,41,44)(H,42,43). The first-order valence-electron chi connectivity index (χ1n) is 13.8. The monoisotopic (exact) mass is 674 g/mol. The largest absolute Gasteiger partial charge is 0.481 e. The summed E-state index contributed by atoms with van der Waals surface area (Å²) in [6.07, 6.45) is -4.85. The number of hydrogen-bond acceptors (Lipinski definition) is 4. The van der Waals surface area contributed by atoms with Crippen molar-refractivity contribution in [2.45, 2.75) is 18.6 Å². The molecular weight excluding hydrogens is 649 g/mol. The fourth-order valence-corrected chi connectivity index (χ4v) is 5.04. The topological polar surface area (TPSA) is 87.7 Å². The number of carbonyl (C=O) groups is 2. The van der Waals surface area contributed by atoms with E-state index < -0.39 is 29.7 Å². The van der Waals surface area contributed by atoms with Gasteiger partial charge in [0.2, 0.25) is 0 Å². The normalized spacial score (nSPS) is 11.8. The van der Waals surface area contributed by atoms with Gasteiger partial charge in [-0.1, -0.05) is 76.6 Å². The second kappa shape index (κ2) is 13.7. The maximum absolute atomic E-state index is 13.5. The van der Waals surface area contributed by atoms with Gasteiger partial charge in [-0.3, -0.25) is 9.59 Å². The molecule has 3 N–H and O–H groups in total. The lowest BCUT2D eigenvalue weighted by atomic mass is 9.98. The zero-order valence-corrected chi connectivity index (χ0v) is 25.1.